The molecule has 0 radical (unpaired) electrons. The summed E-state index contributed by atoms with van der Waals surface area (Å²) in [5.41, 5.74) is 5.60. The molecule has 0 aliphatic heterocycles. The van der Waals surface area contributed by atoms with Crippen LogP contribution in [0.1, 0.15) is 29.5 Å². The van der Waals surface area contributed by atoms with Crippen LogP contribution < -0.4 is 0 Å². The van der Waals surface area contributed by atoms with Crippen molar-refractivity contribution in [1.82, 2.24) is 4.90 Å². The van der Waals surface area contributed by atoms with Gasteiger partial charge in [0.25, 0.3) is 0 Å². The Kier molecular flexibility index (Phi) is 6.91. The van der Waals surface area contributed by atoms with Gasteiger partial charge in [-0.1, -0.05) is 54.1 Å². The van der Waals surface area contributed by atoms with E-state index in [1.807, 2.05) is 12.1 Å². The third kappa shape index (κ3) is 4.63. The van der Waals surface area contributed by atoms with E-state index in [1.165, 1.54) is 41.5 Å². The van der Waals surface area contributed by atoms with Gasteiger partial charge in [-0.15, -0.1) is 12.4 Å². The van der Waals surface area contributed by atoms with Crippen LogP contribution in [0.4, 0.5) is 0 Å². The molecular formula is C21H25Cl2N. The summed E-state index contributed by atoms with van der Waals surface area (Å²) in [6.07, 6.45) is 6.03. The van der Waals surface area contributed by atoms with E-state index in [0.717, 1.165) is 11.6 Å². The van der Waals surface area contributed by atoms with Gasteiger partial charge in [-0.2, -0.15) is 0 Å². The van der Waals surface area contributed by atoms with Crippen LogP contribution in [-0.4, -0.2) is 25.5 Å². The molecule has 1 aliphatic rings. The molecule has 0 fully saturated rings. The highest BCUT2D eigenvalue weighted by Gasteiger charge is 2.22. The highest BCUT2D eigenvalue weighted by Crippen LogP contribution is 2.36. The molecule has 0 amide bonds. The van der Waals surface area contributed by atoms with Gasteiger partial charge in [-0.05, 0) is 73.7 Å². The van der Waals surface area contributed by atoms with Crippen molar-refractivity contribution in [2.24, 2.45) is 5.92 Å². The molecule has 0 bridgehead atoms. The third-order valence-corrected chi connectivity index (χ3v) is 4.80. The molecular weight excluding hydrogens is 337 g/mol. The van der Waals surface area contributed by atoms with Crippen LogP contribution in [0.2, 0.25) is 5.02 Å². The second-order valence-corrected chi connectivity index (χ2v) is 7.10. The summed E-state index contributed by atoms with van der Waals surface area (Å²) in [6.45, 7) is 1.09. The topological polar surface area (TPSA) is 3.24 Å². The molecule has 0 spiro atoms. The standard InChI is InChI=1S/C21H24ClN.ClH/c1-23(2)15-18-8-5-7-17-6-3-4-9-20(17)21(18)14-16-10-12-19(22)13-11-16;/h3-4,6,9-14,18H,5,7-8,15H2,1-2H3;1H. The summed E-state index contributed by atoms with van der Waals surface area (Å²) in [4.78, 5) is 2.30. The molecule has 1 atom stereocenters. The fourth-order valence-electron chi connectivity index (χ4n) is 3.50. The van der Waals surface area contributed by atoms with Crippen LogP contribution in [0, 0.1) is 5.92 Å². The van der Waals surface area contributed by atoms with Crippen molar-refractivity contribution in [3.63, 3.8) is 0 Å². The first-order chi connectivity index (χ1) is 11.1. The molecule has 0 saturated heterocycles. The summed E-state index contributed by atoms with van der Waals surface area (Å²) in [7, 11) is 4.33. The number of halogens is 2. The lowest BCUT2D eigenvalue weighted by Crippen LogP contribution is -2.22. The van der Waals surface area contributed by atoms with Crippen molar-refractivity contribution in [2.45, 2.75) is 19.3 Å². The minimum Gasteiger partial charge on any atom is -0.309 e. The smallest absolute Gasteiger partial charge is 0.0406 e. The molecule has 2 aromatic rings. The van der Waals surface area contributed by atoms with Crippen molar-refractivity contribution in [1.29, 1.82) is 0 Å². The lowest BCUT2D eigenvalue weighted by molar-refractivity contribution is 0.353. The molecule has 0 N–H and O–H groups in total. The van der Waals surface area contributed by atoms with Crippen LogP contribution >= 0.6 is 24.0 Å². The van der Waals surface area contributed by atoms with Crippen LogP contribution in [0.5, 0.6) is 0 Å². The van der Waals surface area contributed by atoms with E-state index in [0.29, 0.717) is 5.92 Å². The Hall–Kier alpha value is -1.28. The van der Waals surface area contributed by atoms with E-state index < -0.39 is 0 Å². The zero-order chi connectivity index (χ0) is 16.2. The van der Waals surface area contributed by atoms with Gasteiger partial charge in [-0.3, -0.25) is 0 Å². The first-order valence-corrected chi connectivity index (χ1v) is 8.71. The Bertz CT molecular complexity index is 689. The van der Waals surface area contributed by atoms with Crippen LogP contribution in [0.15, 0.2) is 48.5 Å². The molecule has 0 aromatic heterocycles. The Morgan fingerprint density at radius 2 is 1.79 bits per heavy atom. The summed E-state index contributed by atoms with van der Waals surface area (Å²) < 4.78 is 0. The summed E-state index contributed by atoms with van der Waals surface area (Å²) in [6, 6.07) is 17.0. The molecule has 3 heteroatoms. The van der Waals surface area contributed by atoms with Crippen molar-refractivity contribution in [2.75, 3.05) is 20.6 Å². The number of fused-ring (bicyclic) bond motifs is 1. The lowest BCUT2D eigenvalue weighted by atomic mass is 9.88. The number of aryl methyl sites for hydroxylation is 1. The monoisotopic (exact) mass is 361 g/mol. The first-order valence-electron chi connectivity index (χ1n) is 8.33. The van der Waals surface area contributed by atoms with Crippen molar-refractivity contribution < 1.29 is 0 Å². The maximum Gasteiger partial charge on any atom is 0.0406 e. The number of nitrogens with zero attached hydrogens (tertiary/aromatic N) is 1. The summed E-state index contributed by atoms with van der Waals surface area (Å²) >= 11 is 6.03. The minimum absolute atomic E-state index is 0. The molecule has 2 aromatic carbocycles. The van der Waals surface area contributed by atoms with E-state index in [1.54, 1.807) is 0 Å². The number of benzene rings is 2. The molecule has 1 nitrogen and oxygen atoms in total. The molecule has 1 unspecified atom stereocenters. The first kappa shape index (κ1) is 19.1. The molecule has 24 heavy (non-hydrogen) atoms. The number of hydrogen-bond acceptors (Lipinski definition) is 1. The van der Waals surface area contributed by atoms with Crippen LogP contribution in [0.25, 0.3) is 11.6 Å². The van der Waals surface area contributed by atoms with Gasteiger partial charge in [0, 0.05) is 11.6 Å². The lowest BCUT2D eigenvalue weighted by Gasteiger charge is -2.23. The van der Waals surface area contributed by atoms with E-state index in [2.05, 4.69) is 61.5 Å². The van der Waals surface area contributed by atoms with Crippen molar-refractivity contribution >= 4 is 35.7 Å². The van der Waals surface area contributed by atoms with Crippen LogP contribution in [-0.2, 0) is 6.42 Å². The minimum atomic E-state index is 0. The van der Waals surface area contributed by atoms with E-state index in [4.69, 9.17) is 11.6 Å². The van der Waals surface area contributed by atoms with Gasteiger partial charge in [0.1, 0.15) is 0 Å². The van der Waals surface area contributed by atoms with Crippen LogP contribution in [0.3, 0.4) is 0 Å². The zero-order valence-corrected chi connectivity index (χ0v) is 15.9. The maximum atomic E-state index is 6.03. The molecule has 0 saturated carbocycles. The average Bonchev–Trinajstić information content (AvgIpc) is 2.69. The summed E-state index contributed by atoms with van der Waals surface area (Å²) in [5, 5.41) is 0.790. The van der Waals surface area contributed by atoms with Gasteiger partial charge in [0.15, 0.2) is 0 Å². The van der Waals surface area contributed by atoms with Gasteiger partial charge < -0.3 is 4.90 Å². The van der Waals surface area contributed by atoms with Gasteiger partial charge >= 0.3 is 0 Å². The molecule has 1 aliphatic carbocycles. The fourth-order valence-corrected chi connectivity index (χ4v) is 3.62. The Balaban J connectivity index is 0.00000208. The predicted octanol–water partition coefficient (Wildman–Crippen LogP) is 5.82. The largest absolute Gasteiger partial charge is 0.309 e. The highest BCUT2D eigenvalue weighted by atomic mass is 35.5. The maximum absolute atomic E-state index is 6.03. The Labute approximate surface area is 156 Å². The van der Waals surface area contributed by atoms with E-state index in [9.17, 15) is 0 Å². The Morgan fingerprint density at radius 1 is 1.08 bits per heavy atom. The number of rotatable bonds is 3. The van der Waals surface area contributed by atoms with Gasteiger partial charge in [-0.25, -0.2) is 0 Å². The quantitative estimate of drug-likeness (QED) is 0.622. The third-order valence-electron chi connectivity index (χ3n) is 4.54. The van der Waals surface area contributed by atoms with E-state index >= 15 is 0 Å². The molecule has 128 valence electrons. The average molecular weight is 362 g/mol. The zero-order valence-electron chi connectivity index (χ0n) is 14.3. The normalized spacial score (nSPS) is 18.8. The fraction of sp³-hybridized carbons (Fsp3) is 0.333. The highest BCUT2D eigenvalue weighted by molar-refractivity contribution is 6.30. The second-order valence-electron chi connectivity index (χ2n) is 6.66. The SMILES string of the molecule is CN(C)CC1CCCc2ccccc2C1=Cc1ccc(Cl)cc1.Cl. The van der Waals surface area contributed by atoms with Crippen molar-refractivity contribution in [3.05, 3.63) is 70.2 Å². The molecule has 3 rings (SSSR count). The Morgan fingerprint density at radius 3 is 2.50 bits per heavy atom. The summed E-state index contributed by atoms with van der Waals surface area (Å²) in [5.74, 6) is 0.573. The van der Waals surface area contributed by atoms with Crippen molar-refractivity contribution in [3.8, 4) is 0 Å². The van der Waals surface area contributed by atoms with E-state index in [-0.39, 0.29) is 12.4 Å². The number of hydrogen-bond donors (Lipinski definition) is 0. The van der Waals surface area contributed by atoms with Gasteiger partial charge in [0.05, 0.1) is 0 Å². The second kappa shape index (κ2) is 8.71. The van der Waals surface area contributed by atoms with Gasteiger partial charge in [0.2, 0.25) is 0 Å². The molecule has 0 heterocycles. The predicted molar refractivity (Wildman–Crippen MR) is 108 cm³/mol.